The fourth-order valence-corrected chi connectivity index (χ4v) is 3.29. The first-order chi connectivity index (χ1) is 8.62. The zero-order chi connectivity index (χ0) is 13.5. The summed E-state index contributed by atoms with van der Waals surface area (Å²) >= 11 is 0. The van der Waals surface area contributed by atoms with Crippen molar-refractivity contribution < 1.29 is 4.74 Å². The Hall–Kier alpha value is -0.120. The van der Waals surface area contributed by atoms with Crippen molar-refractivity contribution in [2.45, 2.75) is 78.2 Å². The third kappa shape index (κ3) is 4.52. The van der Waals surface area contributed by atoms with Crippen LogP contribution in [0.25, 0.3) is 0 Å². The van der Waals surface area contributed by atoms with Crippen LogP contribution in [0.4, 0.5) is 0 Å². The van der Waals surface area contributed by atoms with Gasteiger partial charge in [-0.1, -0.05) is 27.2 Å². The predicted molar refractivity (Wildman–Crippen MR) is 78.0 cm³/mol. The van der Waals surface area contributed by atoms with E-state index in [0.717, 1.165) is 19.6 Å². The van der Waals surface area contributed by atoms with E-state index < -0.39 is 0 Å². The molecule has 1 saturated heterocycles. The summed E-state index contributed by atoms with van der Waals surface area (Å²) in [5.74, 6) is 0. The minimum absolute atomic E-state index is 0.367. The minimum Gasteiger partial charge on any atom is -0.373 e. The molecule has 0 aromatic carbocycles. The van der Waals surface area contributed by atoms with Gasteiger partial charge < -0.3 is 10.1 Å². The number of hydrogen-bond acceptors (Lipinski definition) is 3. The summed E-state index contributed by atoms with van der Waals surface area (Å²) < 4.78 is 5.85. The van der Waals surface area contributed by atoms with Gasteiger partial charge in [-0.15, -0.1) is 0 Å². The van der Waals surface area contributed by atoms with Crippen LogP contribution in [0.3, 0.4) is 0 Å². The van der Waals surface area contributed by atoms with E-state index in [1.165, 1.54) is 19.3 Å². The molecule has 0 aliphatic carbocycles. The SMILES string of the molecule is CCCC(NCC)C(CC)N1CC(C)OC(C)C1. The van der Waals surface area contributed by atoms with Crippen molar-refractivity contribution in [3.63, 3.8) is 0 Å². The normalized spacial score (nSPS) is 29.2. The topological polar surface area (TPSA) is 24.5 Å². The summed E-state index contributed by atoms with van der Waals surface area (Å²) in [6.07, 6.45) is 4.48. The van der Waals surface area contributed by atoms with E-state index in [9.17, 15) is 0 Å². The highest BCUT2D eigenvalue weighted by Crippen LogP contribution is 2.19. The fraction of sp³-hybridized carbons (Fsp3) is 1.00. The summed E-state index contributed by atoms with van der Waals surface area (Å²) in [6, 6.07) is 1.28. The molecule has 0 aromatic rings. The molecule has 0 amide bonds. The summed E-state index contributed by atoms with van der Waals surface area (Å²) in [5, 5.41) is 3.68. The number of rotatable bonds is 7. The van der Waals surface area contributed by atoms with E-state index >= 15 is 0 Å². The Kier molecular flexibility index (Phi) is 7.20. The molecule has 108 valence electrons. The van der Waals surface area contributed by atoms with Crippen LogP contribution in [0.5, 0.6) is 0 Å². The van der Waals surface area contributed by atoms with Gasteiger partial charge in [0.1, 0.15) is 0 Å². The van der Waals surface area contributed by atoms with Crippen LogP contribution in [0.2, 0.25) is 0 Å². The van der Waals surface area contributed by atoms with Crippen molar-refractivity contribution in [1.82, 2.24) is 10.2 Å². The van der Waals surface area contributed by atoms with Crippen LogP contribution < -0.4 is 5.32 Å². The van der Waals surface area contributed by atoms with Crippen LogP contribution in [0.1, 0.15) is 53.9 Å². The first-order valence-corrected chi connectivity index (χ1v) is 7.75. The first kappa shape index (κ1) is 15.9. The number of likely N-dealkylation sites (N-methyl/N-ethyl adjacent to an activating group) is 1. The van der Waals surface area contributed by atoms with Crippen molar-refractivity contribution in [3.8, 4) is 0 Å². The Morgan fingerprint density at radius 2 is 1.78 bits per heavy atom. The molecule has 3 heteroatoms. The molecule has 18 heavy (non-hydrogen) atoms. The summed E-state index contributed by atoms with van der Waals surface area (Å²) in [6.45, 7) is 14.4. The molecule has 0 bridgehead atoms. The third-order valence-corrected chi connectivity index (χ3v) is 3.87. The average Bonchev–Trinajstić information content (AvgIpc) is 2.29. The molecule has 3 nitrogen and oxygen atoms in total. The van der Waals surface area contributed by atoms with E-state index in [1.807, 2.05) is 0 Å². The van der Waals surface area contributed by atoms with Crippen LogP contribution in [0, 0.1) is 0 Å². The largest absolute Gasteiger partial charge is 0.373 e. The van der Waals surface area contributed by atoms with Gasteiger partial charge >= 0.3 is 0 Å². The lowest BCUT2D eigenvalue weighted by atomic mass is 9.97. The molecule has 1 aliphatic rings. The van der Waals surface area contributed by atoms with Gasteiger partial charge in [0.15, 0.2) is 0 Å². The maximum absolute atomic E-state index is 5.85. The van der Waals surface area contributed by atoms with Crippen molar-refractivity contribution >= 4 is 0 Å². The van der Waals surface area contributed by atoms with Crippen molar-refractivity contribution in [1.29, 1.82) is 0 Å². The van der Waals surface area contributed by atoms with Gasteiger partial charge in [0.25, 0.3) is 0 Å². The van der Waals surface area contributed by atoms with Gasteiger partial charge in [-0.3, -0.25) is 4.90 Å². The van der Waals surface area contributed by atoms with Crippen LogP contribution in [0.15, 0.2) is 0 Å². The van der Waals surface area contributed by atoms with Crippen molar-refractivity contribution in [2.75, 3.05) is 19.6 Å². The molecule has 1 aliphatic heterocycles. The van der Waals surface area contributed by atoms with Crippen LogP contribution in [-0.4, -0.2) is 48.8 Å². The first-order valence-electron chi connectivity index (χ1n) is 7.75. The Morgan fingerprint density at radius 3 is 2.22 bits per heavy atom. The van der Waals surface area contributed by atoms with Crippen molar-refractivity contribution in [3.05, 3.63) is 0 Å². The molecular formula is C15H32N2O. The van der Waals surface area contributed by atoms with E-state index in [-0.39, 0.29) is 0 Å². The average molecular weight is 256 g/mol. The number of nitrogens with zero attached hydrogens (tertiary/aromatic N) is 1. The number of ether oxygens (including phenoxy) is 1. The maximum atomic E-state index is 5.85. The third-order valence-electron chi connectivity index (χ3n) is 3.87. The zero-order valence-electron chi connectivity index (χ0n) is 12.9. The molecule has 4 atom stereocenters. The quantitative estimate of drug-likeness (QED) is 0.758. The van der Waals surface area contributed by atoms with Gasteiger partial charge in [0.2, 0.25) is 0 Å². The van der Waals surface area contributed by atoms with Gasteiger partial charge in [-0.2, -0.15) is 0 Å². The monoisotopic (exact) mass is 256 g/mol. The second-order valence-corrected chi connectivity index (χ2v) is 5.64. The van der Waals surface area contributed by atoms with E-state index in [2.05, 4.69) is 44.8 Å². The Bertz CT molecular complexity index is 207. The molecule has 1 N–H and O–H groups in total. The molecule has 1 fully saturated rings. The molecule has 0 aromatic heterocycles. The summed E-state index contributed by atoms with van der Waals surface area (Å²) in [5.41, 5.74) is 0. The smallest absolute Gasteiger partial charge is 0.0678 e. The lowest BCUT2D eigenvalue weighted by Gasteiger charge is -2.43. The highest BCUT2D eigenvalue weighted by Gasteiger charge is 2.30. The lowest BCUT2D eigenvalue weighted by molar-refractivity contribution is -0.0850. The van der Waals surface area contributed by atoms with Crippen LogP contribution >= 0.6 is 0 Å². The molecule has 0 radical (unpaired) electrons. The molecule has 1 rings (SSSR count). The van der Waals surface area contributed by atoms with Gasteiger partial charge in [0, 0.05) is 25.2 Å². The zero-order valence-corrected chi connectivity index (χ0v) is 12.9. The highest BCUT2D eigenvalue weighted by molar-refractivity contribution is 4.87. The second kappa shape index (κ2) is 8.13. The molecule has 0 saturated carbocycles. The molecule has 1 heterocycles. The van der Waals surface area contributed by atoms with Gasteiger partial charge in [0.05, 0.1) is 12.2 Å². The molecular weight excluding hydrogens is 224 g/mol. The Labute approximate surface area is 113 Å². The van der Waals surface area contributed by atoms with Gasteiger partial charge in [-0.25, -0.2) is 0 Å². The van der Waals surface area contributed by atoms with Crippen molar-refractivity contribution in [2.24, 2.45) is 0 Å². The maximum Gasteiger partial charge on any atom is 0.0678 e. The number of hydrogen-bond donors (Lipinski definition) is 1. The highest BCUT2D eigenvalue weighted by atomic mass is 16.5. The van der Waals surface area contributed by atoms with Gasteiger partial charge in [-0.05, 0) is 33.2 Å². The standard InChI is InChI=1S/C15H32N2O/c1-6-9-14(16-8-3)15(7-2)17-10-12(4)18-13(5)11-17/h12-16H,6-11H2,1-5H3. The predicted octanol–water partition coefficient (Wildman–Crippen LogP) is 2.65. The van der Waals surface area contributed by atoms with Crippen LogP contribution in [-0.2, 0) is 4.74 Å². The fourth-order valence-electron chi connectivity index (χ4n) is 3.29. The lowest BCUT2D eigenvalue weighted by Crippen LogP contribution is -2.56. The number of nitrogens with one attached hydrogen (secondary N) is 1. The number of morpholine rings is 1. The Balaban J connectivity index is 2.66. The summed E-state index contributed by atoms with van der Waals surface area (Å²) in [7, 11) is 0. The van der Waals surface area contributed by atoms with E-state index in [0.29, 0.717) is 24.3 Å². The Morgan fingerprint density at radius 1 is 1.17 bits per heavy atom. The van der Waals surface area contributed by atoms with E-state index in [4.69, 9.17) is 4.74 Å². The molecule has 0 spiro atoms. The minimum atomic E-state index is 0.367. The van der Waals surface area contributed by atoms with E-state index in [1.54, 1.807) is 0 Å². The molecule has 4 unspecified atom stereocenters. The second-order valence-electron chi connectivity index (χ2n) is 5.64. The summed E-state index contributed by atoms with van der Waals surface area (Å²) in [4.78, 5) is 2.64.